The summed E-state index contributed by atoms with van der Waals surface area (Å²) in [7, 11) is -3.78. The van der Waals surface area contributed by atoms with Gasteiger partial charge >= 0.3 is 0 Å². The Bertz CT molecular complexity index is 907. The summed E-state index contributed by atoms with van der Waals surface area (Å²) in [6.45, 7) is 4.88. The Morgan fingerprint density at radius 3 is 2.44 bits per heavy atom. The molecular formula is C19H23N3O4S. The Hall–Kier alpha value is -2.42. The second-order valence-corrected chi connectivity index (χ2v) is 8.02. The number of sulfonamides is 1. The molecule has 1 heterocycles. The number of morpholine rings is 1. The molecule has 3 N–H and O–H groups in total. The number of nitrogens with one attached hydrogen (secondary N) is 1. The van der Waals surface area contributed by atoms with Crippen molar-refractivity contribution in [2.45, 2.75) is 17.9 Å². The molecule has 2 aromatic carbocycles. The van der Waals surface area contributed by atoms with Crippen LogP contribution in [0, 0.1) is 0 Å². The quantitative estimate of drug-likeness (QED) is 0.810. The van der Waals surface area contributed by atoms with Crippen LogP contribution in [0.4, 0.5) is 5.69 Å². The van der Waals surface area contributed by atoms with Gasteiger partial charge < -0.3 is 15.0 Å². The SMILES string of the molecule is CC(NC(=O)c1ccc(N2CCOCC2)cc1)c1cccc(S(N)(=O)=O)c1. The summed E-state index contributed by atoms with van der Waals surface area (Å²) < 4.78 is 28.3. The van der Waals surface area contributed by atoms with Crippen LogP contribution < -0.4 is 15.4 Å². The molecule has 1 aliphatic heterocycles. The fourth-order valence-electron chi connectivity index (χ4n) is 2.97. The fraction of sp³-hybridized carbons (Fsp3) is 0.316. The lowest BCUT2D eigenvalue weighted by Gasteiger charge is -2.28. The monoisotopic (exact) mass is 389 g/mol. The average molecular weight is 389 g/mol. The zero-order chi connectivity index (χ0) is 19.4. The van der Waals surface area contributed by atoms with E-state index in [1.807, 2.05) is 12.1 Å². The van der Waals surface area contributed by atoms with Crippen molar-refractivity contribution in [3.8, 4) is 0 Å². The molecule has 1 unspecified atom stereocenters. The Morgan fingerprint density at radius 1 is 1.15 bits per heavy atom. The van der Waals surface area contributed by atoms with Gasteiger partial charge in [-0.3, -0.25) is 4.79 Å². The third-order valence-electron chi connectivity index (χ3n) is 4.54. The van der Waals surface area contributed by atoms with Gasteiger partial charge in [0.25, 0.3) is 5.91 Å². The van der Waals surface area contributed by atoms with Crippen LogP contribution in [0.5, 0.6) is 0 Å². The highest BCUT2D eigenvalue weighted by molar-refractivity contribution is 7.89. The molecule has 2 aromatic rings. The van der Waals surface area contributed by atoms with Crippen molar-refractivity contribution < 1.29 is 17.9 Å². The van der Waals surface area contributed by atoms with Gasteiger partial charge in [-0.05, 0) is 48.9 Å². The summed E-state index contributed by atoms with van der Waals surface area (Å²) in [6, 6.07) is 13.3. The van der Waals surface area contributed by atoms with E-state index in [4.69, 9.17) is 9.88 Å². The van der Waals surface area contributed by atoms with E-state index in [0.29, 0.717) is 24.3 Å². The number of benzene rings is 2. The summed E-state index contributed by atoms with van der Waals surface area (Å²) in [6.07, 6.45) is 0. The number of amides is 1. The molecule has 1 amide bonds. The number of hydrogen-bond donors (Lipinski definition) is 2. The Labute approximate surface area is 159 Å². The molecule has 0 spiro atoms. The smallest absolute Gasteiger partial charge is 0.251 e. The van der Waals surface area contributed by atoms with Gasteiger partial charge in [0, 0.05) is 24.3 Å². The maximum atomic E-state index is 12.5. The van der Waals surface area contributed by atoms with Crippen LogP contribution in [0.1, 0.15) is 28.9 Å². The van der Waals surface area contributed by atoms with E-state index in [2.05, 4.69) is 10.2 Å². The predicted octanol–water partition coefficient (Wildman–Crippen LogP) is 1.66. The molecule has 0 saturated carbocycles. The molecule has 7 nitrogen and oxygen atoms in total. The number of nitrogens with zero attached hydrogens (tertiary/aromatic N) is 1. The third-order valence-corrected chi connectivity index (χ3v) is 5.45. The zero-order valence-electron chi connectivity index (χ0n) is 15.1. The summed E-state index contributed by atoms with van der Waals surface area (Å²) in [5, 5.41) is 8.05. The minimum Gasteiger partial charge on any atom is -0.378 e. The maximum absolute atomic E-state index is 12.5. The first-order valence-electron chi connectivity index (χ1n) is 8.71. The Morgan fingerprint density at radius 2 is 1.81 bits per heavy atom. The van der Waals surface area contributed by atoms with E-state index in [-0.39, 0.29) is 16.8 Å². The van der Waals surface area contributed by atoms with E-state index in [1.54, 1.807) is 31.2 Å². The van der Waals surface area contributed by atoms with E-state index in [9.17, 15) is 13.2 Å². The van der Waals surface area contributed by atoms with Gasteiger partial charge in [-0.1, -0.05) is 12.1 Å². The van der Waals surface area contributed by atoms with E-state index >= 15 is 0 Å². The van der Waals surface area contributed by atoms with Crippen LogP contribution in [-0.2, 0) is 14.8 Å². The first kappa shape index (κ1) is 19.3. The van der Waals surface area contributed by atoms with Gasteiger partial charge in [0.2, 0.25) is 10.0 Å². The van der Waals surface area contributed by atoms with E-state index in [0.717, 1.165) is 18.8 Å². The Kier molecular flexibility index (Phi) is 5.79. The lowest BCUT2D eigenvalue weighted by Crippen LogP contribution is -2.36. The Balaban J connectivity index is 1.68. The lowest BCUT2D eigenvalue weighted by atomic mass is 10.1. The van der Waals surface area contributed by atoms with Crippen LogP contribution in [0.25, 0.3) is 0 Å². The van der Waals surface area contributed by atoms with Crippen molar-refractivity contribution in [1.82, 2.24) is 5.32 Å². The summed E-state index contributed by atoms with van der Waals surface area (Å²) in [5.74, 6) is -0.225. The molecule has 0 aromatic heterocycles. The molecule has 1 saturated heterocycles. The highest BCUT2D eigenvalue weighted by Gasteiger charge is 2.16. The molecule has 0 aliphatic carbocycles. The number of hydrogen-bond acceptors (Lipinski definition) is 5. The largest absolute Gasteiger partial charge is 0.378 e. The van der Waals surface area contributed by atoms with Crippen LogP contribution in [0.15, 0.2) is 53.4 Å². The number of nitrogens with two attached hydrogens (primary N) is 1. The van der Waals surface area contributed by atoms with E-state index in [1.165, 1.54) is 12.1 Å². The minimum atomic E-state index is -3.78. The van der Waals surface area contributed by atoms with Crippen molar-refractivity contribution >= 4 is 21.6 Å². The molecule has 144 valence electrons. The second kappa shape index (κ2) is 8.08. The molecule has 0 radical (unpaired) electrons. The van der Waals surface area contributed by atoms with Gasteiger partial charge in [-0.2, -0.15) is 0 Å². The predicted molar refractivity (Wildman–Crippen MR) is 103 cm³/mol. The van der Waals surface area contributed by atoms with Crippen molar-refractivity contribution in [3.63, 3.8) is 0 Å². The van der Waals surface area contributed by atoms with Crippen LogP contribution in [0.3, 0.4) is 0 Å². The van der Waals surface area contributed by atoms with Crippen LogP contribution in [-0.4, -0.2) is 40.6 Å². The number of carbonyl (C=O) groups excluding carboxylic acids is 1. The number of ether oxygens (including phenoxy) is 1. The van der Waals surface area contributed by atoms with Gasteiger partial charge in [0.15, 0.2) is 0 Å². The maximum Gasteiger partial charge on any atom is 0.251 e. The highest BCUT2D eigenvalue weighted by atomic mass is 32.2. The number of anilines is 1. The standard InChI is InChI=1S/C19H23N3O4S/c1-14(16-3-2-4-18(13-16)27(20,24)25)21-19(23)15-5-7-17(8-6-15)22-9-11-26-12-10-22/h2-8,13-14H,9-12H2,1H3,(H,21,23)(H2,20,24,25). The van der Waals surface area contributed by atoms with Crippen molar-refractivity contribution in [2.24, 2.45) is 5.14 Å². The minimum absolute atomic E-state index is 0.0240. The summed E-state index contributed by atoms with van der Waals surface area (Å²) in [4.78, 5) is 14.7. The van der Waals surface area contributed by atoms with Crippen molar-refractivity contribution in [3.05, 3.63) is 59.7 Å². The molecule has 1 fully saturated rings. The number of primary sulfonamides is 1. The molecule has 3 rings (SSSR count). The highest BCUT2D eigenvalue weighted by Crippen LogP contribution is 2.19. The van der Waals surface area contributed by atoms with E-state index < -0.39 is 10.0 Å². The van der Waals surface area contributed by atoms with Gasteiger partial charge in [0.05, 0.1) is 24.2 Å². The topological polar surface area (TPSA) is 102 Å². The third kappa shape index (κ3) is 4.85. The zero-order valence-corrected chi connectivity index (χ0v) is 15.9. The first-order valence-corrected chi connectivity index (χ1v) is 10.3. The molecule has 1 atom stereocenters. The number of carbonyl (C=O) groups is 1. The summed E-state index contributed by atoms with van der Waals surface area (Å²) in [5.41, 5.74) is 2.27. The lowest BCUT2D eigenvalue weighted by molar-refractivity contribution is 0.0939. The van der Waals surface area contributed by atoms with Crippen molar-refractivity contribution in [2.75, 3.05) is 31.2 Å². The second-order valence-electron chi connectivity index (χ2n) is 6.46. The normalized spacial score (nSPS) is 16.0. The van der Waals surface area contributed by atoms with Gasteiger partial charge in [-0.15, -0.1) is 0 Å². The number of rotatable bonds is 5. The van der Waals surface area contributed by atoms with Gasteiger partial charge in [0.1, 0.15) is 0 Å². The van der Waals surface area contributed by atoms with Crippen LogP contribution >= 0.6 is 0 Å². The first-order chi connectivity index (χ1) is 12.8. The molecule has 0 bridgehead atoms. The van der Waals surface area contributed by atoms with Crippen LogP contribution in [0.2, 0.25) is 0 Å². The fourth-order valence-corrected chi connectivity index (χ4v) is 3.54. The molecular weight excluding hydrogens is 366 g/mol. The molecule has 8 heteroatoms. The molecule has 1 aliphatic rings. The average Bonchev–Trinajstić information content (AvgIpc) is 2.68. The van der Waals surface area contributed by atoms with Gasteiger partial charge in [-0.25, -0.2) is 13.6 Å². The molecule has 27 heavy (non-hydrogen) atoms. The van der Waals surface area contributed by atoms with Crippen molar-refractivity contribution in [1.29, 1.82) is 0 Å². The summed E-state index contributed by atoms with van der Waals surface area (Å²) >= 11 is 0.